The van der Waals surface area contributed by atoms with E-state index in [0.717, 1.165) is 10.0 Å². The van der Waals surface area contributed by atoms with Gasteiger partial charge in [0.15, 0.2) is 5.78 Å². The van der Waals surface area contributed by atoms with E-state index in [-0.39, 0.29) is 10.7 Å². The Morgan fingerprint density at radius 1 is 1.11 bits per heavy atom. The van der Waals surface area contributed by atoms with Crippen LogP contribution in [0.3, 0.4) is 0 Å². The number of aryl methyl sites for hydroxylation is 1. The van der Waals surface area contributed by atoms with Gasteiger partial charge in [0.25, 0.3) is 10.0 Å². The number of nitrogens with zero attached hydrogens (tertiary/aromatic N) is 2. The molecule has 0 saturated heterocycles. The van der Waals surface area contributed by atoms with Gasteiger partial charge in [0.2, 0.25) is 0 Å². The molecule has 0 spiro atoms. The van der Waals surface area contributed by atoms with E-state index in [0.29, 0.717) is 16.5 Å². The molecule has 0 aliphatic rings. The Kier molecular flexibility index (Phi) is 5.26. The summed E-state index contributed by atoms with van der Waals surface area (Å²) in [5.41, 5.74) is 1.76. The van der Waals surface area contributed by atoms with Gasteiger partial charge in [-0.15, -0.1) is 0 Å². The predicted octanol–water partition coefficient (Wildman–Crippen LogP) is 4.21. The molecule has 1 heterocycles. The van der Waals surface area contributed by atoms with Crippen LogP contribution >= 0.6 is 15.9 Å². The number of halogens is 1. The summed E-state index contributed by atoms with van der Waals surface area (Å²) in [7, 11) is -0.202. The number of allylic oxidation sites excluding steroid dienone is 1. The van der Waals surface area contributed by atoms with Crippen molar-refractivity contribution in [3.05, 3.63) is 76.5 Å². The van der Waals surface area contributed by atoms with Crippen LogP contribution in [-0.4, -0.2) is 37.2 Å². The molecule has 27 heavy (non-hydrogen) atoms. The van der Waals surface area contributed by atoms with Crippen molar-refractivity contribution >= 4 is 42.6 Å². The second-order valence-electron chi connectivity index (χ2n) is 6.46. The number of rotatable bonds is 5. The molecule has 3 aromatic rings. The minimum atomic E-state index is -3.82. The molecule has 1 aromatic heterocycles. The van der Waals surface area contributed by atoms with Crippen LogP contribution in [0.5, 0.6) is 0 Å². The van der Waals surface area contributed by atoms with Crippen LogP contribution in [0.4, 0.5) is 0 Å². The first-order valence-electron chi connectivity index (χ1n) is 8.22. The molecule has 0 aliphatic heterocycles. The summed E-state index contributed by atoms with van der Waals surface area (Å²) in [5.74, 6) is -0.260. The minimum Gasteiger partial charge on any atom is -0.383 e. The molecule has 0 N–H and O–H groups in total. The smallest absolute Gasteiger partial charge is 0.268 e. The highest BCUT2D eigenvalue weighted by Gasteiger charge is 2.23. The van der Waals surface area contributed by atoms with Crippen molar-refractivity contribution in [2.75, 3.05) is 14.1 Å². The zero-order valence-corrected chi connectivity index (χ0v) is 17.6. The van der Waals surface area contributed by atoms with Gasteiger partial charge in [0.05, 0.1) is 10.4 Å². The van der Waals surface area contributed by atoms with Crippen molar-refractivity contribution in [2.45, 2.75) is 11.8 Å². The first-order chi connectivity index (χ1) is 12.7. The van der Waals surface area contributed by atoms with Crippen LogP contribution in [-0.2, 0) is 10.0 Å². The molecule has 0 aliphatic carbocycles. The number of fused-ring (bicyclic) bond motifs is 1. The van der Waals surface area contributed by atoms with Gasteiger partial charge in [-0.3, -0.25) is 4.79 Å². The van der Waals surface area contributed by atoms with Gasteiger partial charge in [-0.1, -0.05) is 33.6 Å². The highest BCUT2D eigenvalue weighted by atomic mass is 79.9. The SMILES string of the molecule is Cc1ccc(S(=O)(=O)n2cc(C(=O)/C=C/N(C)C)c3cc(Br)ccc32)cc1. The standard InChI is InChI=1S/C20H19BrN2O3S/c1-14-4-7-16(8-5-14)27(25,26)23-13-18(20(24)10-11-22(2)3)17-12-15(21)6-9-19(17)23/h4-13H,1-3H3/b11-10+. The van der Waals surface area contributed by atoms with Crippen molar-refractivity contribution in [2.24, 2.45) is 0 Å². The summed E-state index contributed by atoms with van der Waals surface area (Å²) in [6.45, 7) is 1.90. The van der Waals surface area contributed by atoms with Gasteiger partial charge < -0.3 is 4.90 Å². The fraction of sp³-hybridized carbons (Fsp3) is 0.150. The summed E-state index contributed by atoms with van der Waals surface area (Å²) in [6.07, 6.45) is 4.46. The summed E-state index contributed by atoms with van der Waals surface area (Å²) in [4.78, 5) is 14.6. The van der Waals surface area contributed by atoms with E-state index in [1.807, 2.05) is 21.0 Å². The fourth-order valence-corrected chi connectivity index (χ4v) is 4.43. The number of carbonyl (C=O) groups excluding carboxylic acids is 1. The number of benzene rings is 2. The van der Waals surface area contributed by atoms with Gasteiger partial charge in [-0.05, 0) is 37.3 Å². The maximum absolute atomic E-state index is 13.2. The number of carbonyl (C=O) groups is 1. The maximum Gasteiger partial charge on any atom is 0.268 e. The topological polar surface area (TPSA) is 59.4 Å². The molecule has 0 fully saturated rings. The lowest BCUT2D eigenvalue weighted by molar-refractivity contribution is 0.104. The zero-order valence-electron chi connectivity index (χ0n) is 15.2. The van der Waals surface area contributed by atoms with E-state index in [1.165, 1.54) is 16.2 Å². The zero-order chi connectivity index (χ0) is 19.8. The van der Waals surface area contributed by atoms with E-state index in [1.54, 1.807) is 53.6 Å². The van der Waals surface area contributed by atoms with Crippen LogP contribution in [0.15, 0.2) is 70.3 Å². The van der Waals surface area contributed by atoms with Crippen LogP contribution < -0.4 is 0 Å². The first-order valence-corrected chi connectivity index (χ1v) is 10.5. The van der Waals surface area contributed by atoms with E-state index < -0.39 is 10.0 Å². The number of hydrogen-bond donors (Lipinski definition) is 0. The van der Waals surface area contributed by atoms with Crippen molar-refractivity contribution in [3.8, 4) is 0 Å². The molecule has 7 heteroatoms. The molecular formula is C20H19BrN2O3S. The Labute approximate surface area is 167 Å². The Hall–Kier alpha value is -2.38. The average molecular weight is 447 g/mol. The summed E-state index contributed by atoms with van der Waals surface area (Å²) < 4.78 is 28.3. The van der Waals surface area contributed by atoms with Gasteiger partial charge in [0, 0.05) is 48.0 Å². The van der Waals surface area contributed by atoms with Gasteiger partial charge >= 0.3 is 0 Å². The second-order valence-corrected chi connectivity index (χ2v) is 9.19. The summed E-state index contributed by atoms with van der Waals surface area (Å²) >= 11 is 3.39. The Bertz CT molecular complexity index is 1140. The largest absolute Gasteiger partial charge is 0.383 e. The normalized spacial score (nSPS) is 12.0. The van der Waals surface area contributed by atoms with Crippen LogP contribution in [0.1, 0.15) is 15.9 Å². The van der Waals surface area contributed by atoms with Crippen molar-refractivity contribution in [1.82, 2.24) is 8.87 Å². The molecule has 2 aromatic carbocycles. The molecule has 3 rings (SSSR count). The van der Waals surface area contributed by atoms with E-state index in [2.05, 4.69) is 15.9 Å². The van der Waals surface area contributed by atoms with E-state index in [4.69, 9.17) is 0 Å². The van der Waals surface area contributed by atoms with Gasteiger partial charge in [0.1, 0.15) is 0 Å². The van der Waals surface area contributed by atoms with Crippen LogP contribution in [0.25, 0.3) is 10.9 Å². The number of hydrogen-bond acceptors (Lipinski definition) is 4. The Morgan fingerprint density at radius 3 is 2.41 bits per heavy atom. The molecular weight excluding hydrogens is 428 g/mol. The molecule has 140 valence electrons. The fourth-order valence-electron chi connectivity index (χ4n) is 2.70. The lowest BCUT2D eigenvalue weighted by atomic mass is 10.1. The molecule has 0 amide bonds. The Morgan fingerprint density at radius 2 is 1.78 bits per heavy atom. The van der Waals surface area contributed by atoms with E-state index in [9.17, 15) is 13.2 Å². The third kappa shape index (κ3) is 3.84. The first kappa shape index (κ1) is 19.4. The number of ketones is 1. The van der Waals surface area contributed by atoms with Crippen molar-refractivity contribution in [1.29, 1.82) is 0 Å². The molecule has 0 bridgehead atoms. The molecule has 0 atom stereocenters. The monoisotopic (exact) mass is 446 g/mol. The third-order valence-corrected chi connectivity index (χ3v) is 6.28. The predicted molar refractivity (Wildman–Crippen MR) is 111 cm³/mol. The van der Waals surface area contributed by atoms with Crippen LogP contribution in [0.2, 0.25) is 0 Å². The lowest BCUT2D eigenvalue weighted by Crippen LogP contribution is -2.12. The van der Waals surface area contributed by atoms with Crippen molar-refractivity contribution < 1.29 is 13.2 Å². The van der Waals surface area contributed by atoms with Gasteiger partial charge in [-0.2, -0.15) is 0 Å². The third-order valence-electron chi connectivity index (χ3n) is 4.10. The Balaban J connectivity index is 2.22. The molecule has 0 saturated carbocycles. The summed E-state index contributed by atoms with van der Waals surface area (Å²) in [6, 6.07) is 11.9. The molecule has 5 nitrogen and oxygen atoms in total. The molecule has 0 radical (unpaired) electrons. The quantitative estimate of drug-likeness (QED) is 0.435. The molecule has 0 unspecified atom stereocenters. The summed E-state index contributed by atoms with van der Waals surface area (Å²) in [5, 5.41) is 0.577. The highest BCUT2D eigenvalue weighted by molar-refractivity contribution is 9.10. The van der Waals surface area contributed by atoms with Crippen molar-refractivity contribution in [3.63, 3.8) is 0 Å². The second kappa shape index (κ2) is 7.32. The van der Waals surface area contributed by atoms with Gasteiger partial charge in [-0.25, -0.2) is 12.4 Å². The highest BCUT2D eigenvalue weighted by Crippen LogP contribution is 2.29. The van der Waals surface area contributed by atoms with E-state index >= 15 is 0 Å². The minimum absolute atomic E-state index is 0.177. The van der Waals surface area contributed by atoms with Crippen LogP contribution in [0, 0.1) is 6.92 Å². The lowest BCUT2D eigenvalue weighted by Gasteiger charge is -2.08. The number of aromatic nitrogens is 1. The average Bonchev–Trinajstić information content (AvgIpc) is 2.99. The maximum atomic E-state index is 13.2.